The molecule has 1 aromatic rings. The lowest BCUT2D eigenvalue weighted by molar-refractivity contribution is 0.218. The summed E-state index contributed by atoms with van der Waals surface area (Å²) >= 11 is 1.03. The normalized spacial score (nSPS) is 10.0. The van der Waals surface area contributed by atoms with Crippen molar-refractivity contribution in [1.29, 1.82) is 5.26 Å². The van der Waals surface area contributed by atoms with Crippen molar-refractivity contribution in [3.05, 3.63) is 29.3 Å². The van der Waals surface area contributed by atoms with Crippen LogP contribution in [0, 0.1) is 23.0 Å². The van der Waals surface area contributed by atoms with Gasteiger partial charge in [0.05, 0.1) is 23.1 Å². The second kappa shape index (κ2) is 5.69. The first kappa shape index (κ1) is 12.0. The number of hydrogen-bond donors (Lipinski definition) is 0. The van der Waals surface area contributed by atoms with Gasteiger partial charge in [-0.05, 0) is 12.1 Å². The number of benzene rings is 1. The van der Waals surface area contributed by atoms with Gasteiger partial charge in [-0.2, -0.15) is 5.26 Å². The number of rotatable bonds is 4. The largest absolute Gasteiger partial charge is 0.384 e. The molecule has 0 unspecified atom stereocenters. The van der Waals surface area contributed by atoms with Crippen LogP contribution >= 0.6 is 11.8 Å². The molecule has 0 aliphatic carbocycles. The molecule has 0 aliphatic rings. The van der Waals surface area contributed by atoms with Crippen LogP contribution in [0.4, 0.5) is 8.78 Å². The molecule has 80 valence electrons. The Balaban J connectivity index is 2.85. The van der Waals surface area contributed by atoms with Crippen molar-refractivity contribution in [3.63, 3.8) is 0 Å². The average Bonchev–Trinajstić information content (AvgIpc) is 2.22. The zero-order valence-electron chi connectivity index (χ0n) is 8.09. The fourth-order valence-electron chi connectivity index (χ4n) is 0.989. The molecule has 5 heteroatoms. The van der Waals surface area contributed by atoms with E-state index in [1.165, 1.54) is 7.11 Å². The number of ether oxygens (including phenoxy) is 1. The van der Waals surface area contributed by atoms with Gasteiger partial charge < -0.3 is 4.74 Å². The minimum absolute atomic E-state index is 0.0129. The lowest BCUT2D eigenvalue weighted by Crippen LogP contribution is -1.95. The Morgan fingerprint density at radius 2 is 2.00 bits per heavy atom. The van der Waals surface area contributed by atoms with E-state index >= 15 is 0 Å². The van der Waals surface area contributed by atoms with Crippen molar-refractivity contribution in [3.8, 4) is 6.07 Å². The first-order valence-corrected chi connectivity index (χ1v) is 5.18. The molecule has 1 rings (SSSR count). The molecule has 0 spiro atoms. The number of nitrogens with zero attached hydrogens (tertiary/aromatic N) is 1. The highest BCUT2D eigenvalue weighted by Gasteiger charge is 2.11. The van der Waals surface area contributed by atoms with Crippen LogP contribution in [-0.2, 0) is 4.74 Å². The standard InChI is InChI=1S/C10H9F2NOS/c1-14-2-3-15-10-8(11)4-7(6-13)5-9(10)12/h4-5H,2-3H2,1H3. The summed E-state index contributed by atoms with van der Waals surface area (Å²) < 4.78 is 31.3. The van der Waals surface area contributed by atoms with Crippen molar-refractivity contribution < 1.29 is 13.5 Å². The summed E-state index contributed by atoms with van der Waals surface area (Å²) in [6, 6.07) is 3.74. The lowest BCUT2D eigenvalue weighted by Gasteiger charge is -2.04. The molecule has 0 atom stereocenters. The summed E-state index contributed by atoms with van der Waals surface area (Å²) in [7, 11) is 1.52. The molecule has 0 saturated carbocycles. The Kier molecular flexibility index (Phi) is 4.53. The second-order valence-corrected chi connectivity index (χ2v) is 3.83. The Labute approximate surface area is 90.9 Å². The summed E-state index contributed by atoms with van der Waals surface area (Å²) in [5.74, 6) is -0.934. The molecule has 15 heavy (non-hydrogen) atoms. The highest BCUT2D eigenvalue weighted by molar-refractivity contribution is 7.99. The summed E-state index contributed by atoms with van der Waals surface area (Å²) in [5.41, 5.74) is -0.0129. The summed E-state index contributed by atoms with van der Waals surface area (Å²) in [5, 5.41) is 8.48. The third-order valence-corrected chi connectivity index (χ3v) is 2.71. The van der Waals surface area contributed by atoms with E-state index < -0.39 is 11.6 Å². The van der Waals surface area contributed by atoms with Gasteiger partial charge in [0.25, 0.3) is 0 Å². The van der Waals surface area contributed by atoms with Crippen molar-refractivity contribution in [2.75, 3.05) is 19.5 Å². The highest BCUT2D eigenvalue weighted by atomic mass is 32.2. The predicted octanol–water partition coefficient (Wildman–Crippen LogP) is 2.57. The molecule has 0 saturated heterocycles. The molecule has 0 aromatic heterocycles. The summed E-state index contributed by atoms with van der Waals surface area (Å²) in [4.78, 5) is -0.0638. The zero-order valence-corrected chi connectivity index (χ0v) is 8.91. The predicted molar refractivity (Wildman–Crippen MR) is 53.7 cm³/mol. The minimum Gasteiger partial charge on any atom is -0.384 e. The smallest absolute Gasteiger partial charge is 0.141 e. The second-order valence-electron chi connectivity index (χ2n) is 2.72. The fraction of sp³-hybridized carbons (Fsp3) is 0.300. The number of methoxy groups -OCH3 is 1. The maximum Gasteiger partial charge on any atom is 0.141 e. The highest BCUT2D eigenvalue weighted by Crippen LogP contribution is 2.25. The number of hydrogen-bond acceptors (Lipinski definition) is 3. The Morgan fingerprint density at radius 3 is 2.47 bits per heavy atom. The van der Waals surface area contributed by atoms with Gasteiger partial charge in [-0.15, -0.1) is 11.8 Å². The average molecular weight is 229 g/mol. The molecule has 0 heterocycles. The fourth-order valence-corrected chi connectivity index (χ4v) is 1.84. The molecule has 0 radical (unpaired) electrons. The topological polar surface area (TPSA) is 33.0 Å². The van der Waals surface area contributed by atoms with Crippen molar-refractivity contribution in [1.82, 2.24) is 0 Å². The quantitative estimate of drug-likeness (QED) is 0.587. The zero-order chi connectivity index (χ0) is 11.3. The number of nitriles is 1. The summed E-state index contributed by atoms with van der Waals surface area (Å²) in [6.07, 6.45) is 0. The third-order valence-electron chi connectivity index (χ3n) is 1.66. The van der Waals surface area contributed by atoms with E-state index in [4.69, 9.17) is 10.00 Å². The molecule has 0 aliphatic heterocycles. The first-order valence-electron chi connectivity index (χ1n) is 4.20. The van der Waals surface area contributed by atoms with Gasteiger partial charge >= 0.3 is 0 Å². The van der Waals surface area contributed by atoms with E-state index in [-0.39, 0.29) is 10.5 Å². The SMILES string of the molecule is COCCSc1c(F)cc(C#N)cc1F. The van der Waals surface area contributed by atoms with E-state index in [1.54, 1.807) is 6.07 Å². The van der Waals surface area contributed by atoms with Crippen LogP contribution < -0.4 is 0 Å². The van der Waals surface area contributed by atoms with Gasteiger partial charge in [-0.3, -0.25) is 0 Å². The molecule has 1 aromatic carbocycles. The molecule has 0 bridgehead atoms. The molecule has 0 fully saturated rings. The van der Waals surface area contributed by atoms with Crippen molar-refractivity contribution in [2.24, 2.45) is 0 Å². The van der Waals surface area contributed by atoms with Crippen molar-refractivity contribution in [2.45, 2.75) is 4.90 Å². The molecule has 2 nitrogen and oxygen atoms in total. The third kappa shape index (κ3) is 3.18. The van der Waals surface area contributed by atoms with E-state index in [2.05, 4.69) is 0 Å². The van der Waals surface area contributed by atoms with Crippen LogP contribution in [0.1, 0.15) is 5.56 Å². The van der Waals surface area contributed by atoms with Crippen molar-refractivity contribution >= 4 is 11.8 Å². The molecular weight excluding hydrogens is 220 g/mol. The van der Waals surface area contributed by atoms with Crippen LogP contribution in [0.2, 0.25) is 0 Å². The first-order chi connectivity index (χ1) is 7.19. The number of halogens is 2. The lowest BCUT2D eigenvalue weighted by atomic mass is 10.2. The van der Waals surface area contributed by atoms with Crippen LogP contribution in [-0.4, -0.2) is 19.5 Å². The molecular formula is C10H9F2NOS. The van der Waals surface area contributed by atoms with Crippen LogP contribution in [0.5, 0.6) is 0 Å². The Bertz CT molecular complexity index is 366. The van der Waals surface area contributed by atoms with E-state index in [0.717, 1.165) is 23.9 Å². The van der Waals surface area contributed by atoms with Gasteiger partial charge in [-0.25, -0.2) is 8.78 Å². The Hall–Kier alpha value is -1.12. The van der Waals surface area contributed by atoms with Crippen LogP contribution in [0.3, 0.4) is 0 Å². The molecule has 0 amide bonds. The van der Waals surface area contributed by atoms with E-state index in [9.17, 15) is 8.78 Å². The van der Waals surface area contributed by atoms with Gasteiger partial charge in [0.1, 0.15) is 11.6 Å². The van der Waals surface area contributed by atoms with E-state index in [1.807, 2.05) is 0 Å². The maximum atomic E-state index is 13.3. The minimum atomic E-state index is -0.701. The molecule has 0 N–H and O–H groups in total. The van der Waals surface area contributed by atoms with Gasteiger partial charge in [0.2, 0.25) is 0 Å². The summed E-state index contributed by atoms with van der Waals surface area (Å²) in [6.45, 7) is 0.420. The van der Waals surface area contributed by atoms with Gasteiger partial charge in [-0.1, -0.05) is 0 Å². The van der Waals surface area contributed by atoms with E-state index in [0.29, 0.717) is 12.4 Å². The van der Waals surface area contributed by atoms with Crippen LogP contribution in [0.15, 0.2) is 17.0 Å². The van der Waals surface area contributed by atoms with Gasteiger partial charge in [0, 0.05) is 12.9 Å². The maximum absolute atomic E-state index is 13.3. The van der Waals surface area contributed by atoms with Gasteiger partial charge in [0.15, 0.2) is 0 Å². The Morgan fingerprint density at radius 1 is 1.40 bits per heavy atom. The monoisotopic (exact) mass is 229 g/mol. The number of thioether (sulfide) groups is 1. The van der Waals surface area contributed by atoms with Crippen LogP contribution in [0.25, 0.3) is 0 Å².